The topological polar surface area (TPSA) is 58.4 Å². The van der Waals surface area contributed by atoms with Crippen LogP contribution in [0.15, 0.2) is 30.3 Å². The van der Waals surface area contributed by atoms with Gasteiger partial charge in [0, 0.05) is 38.1 Å². The summed E-state index contributed by atoms with van der Waals surface area (Å²) < 4.78 is 0. The second-order valence-corrected chi connectivity index (χ2v) is 4.92. The lowest BCUT2D eigenvalue weighted by atomic mass is 10.0. The third-order valence-corrected chi connectivity index (χ3v) is 3.34. The normalized spacial score (nSPS) is 21.7. The molecule has 98 valence electrons. The number of benzene rings is 1. The van der Waals surface area contributed by atoms with Gasteiger partial charge in [-0.05, 0) is 12.5 Å². The highest BCUT2D eigenvalue weighted by atomic mass is 16.2. The van der Waals surface area contributed by atoms with Crippen LogP contribution >= 0.6 is 0 Å². The van der Waals surface area contributed by atoms with Gasteiger partial charge in [0.2, 0.25) is 5.91 Å². The fourth-order valence-electron chi connectivity index (χ4n) is 2.29. The number of amides is 1. The van der Waals surface area contributed by atoms with Gasteiger partial charge in [-0.15, -0.1) is 0 Å². The zero-order valence-corrected chi connectivity index (χ0v) is 10.8. The maximum absolute atomic E-state index is 12.1. The number of carbonyl (C=O) groups excluding carboxylic acids is 1. The van der Waals surface area contributed by atoms with Gasteiger partial charge < -0.3 is 16.0 Å². The van der Waals surface area contributed by atoms with Crippen molar-refractivity contribution in [2.24, 2.45) is 5.73 Å². The molecule has 1 aliphatic heterocycles. The summed E-state index contributed by atoms with van der Waals surface area (Å²) in [6, 6.07) is 9.96. The summed E-state index contributed by atoms with van der Waals surface area (Å²) in [7, 11) is 0. The van der Waals surface area contributed by atoms with Crippen molar-refractivity contribution in [1.82, 2.24) is 10.2 Å². The molecule has 0 aromatic heterocycles. The number of nitrogens with two attached hydrogens (primary N) is 1. The van der Waals surface area contributed by atoms with E-state index in [-0.39, 0.29) is 11.9 Å². The van der Waals surface area contributed by atoms with E-state index in [1.807, 2.05) is 35.2 Å². The van der Waals surface area contributed by atoms with E-state index in [2.05, 4.69) is 12.2 Å². The van der Waals surface area contributed by atoms with E-state index in [9.17, 15) is 4.79 Å². The van der Waals surface area contributed by atoms with Crippen LogP contribution in [0.4, 0.5) is 0 Å². The van der Waals surface area contributed by atoms with Crippen molar-refractivity contribution in [2.75, 3.05) is 19.6 Å². The number of carbonyl (C=O) groups is 1. The summed E-state index contributed by atoms with van der Waals surface area (Å²) in [5.74, 6) is 0.153. The molecule has 0 saturated carbocycles. The first-order valence-corrected chi connectivity index (χ1v) is 6.48. The van der Waals surface area contributed by atoms with Gasteiger partial charge in [0.15, 0.2) is 0 Å². The smallest absolute Gasteiger partial charge is 0.224 e. The van der Waals surface area contributed by atoms with Crippen LogP contribution in [0, 0.1) is 0 Å². The Morgan fingerprint density at radius 2 is 2.22 bits per heavy atom. The van der Waals surface area contributed by atoms with Crippen molar-refractivity contribution < 1.29 is 4.79 Å². The summed E-state index contributed by atoms with van der Waals surface area (Å²) >= 11 is 0. The van der Waals surface area contributed by atoms with Crippen LogP contribution in [0.25, 0.3) is 0 Å². The first-order valence-electron chi connectivity index (χ1n) is 6.48. The van der Waals surface area contributed by atoms with E-state index in [0.29, 0.717) is 12.5 Å². The van der Waals surface area contributed by atoms with Gasteiger partial charge in [0.25, 0.3) is 0 Å². The van der Waals surface area contributed by atoms with Crippen molar-refractivity contribution >= 4 is 5.91 Å². The summed E-state index contributed by atoms with van der Waals surface area (Å²) in [5, 5.41) is 3.33. The van der Waals surface area contributed by atoms with Crippen LogP contribution < -0.4 is 11.1 Å². The number of rotatable bonds is 3. The van der Waals surface area contributed by atoms with Crippen molar-refractivity contribution in [2.45, 2.75) is 25.4 Å². The summed E-state index contributed by atoms with van der Waals surface area (Å²) in [5.41, 5.74) is 7.10. The standard InChI is InChI=1S/C14H21N3O/c1-11-10-17(8-7-16-11)14(18)9-13(15)12-5-3-2-4-6-12/h2-6,11,13,16H,7-10,15H2,1H3. The molecular weight excluding hydrogens is 226 g/mol. The summed E-state index contributed by atoms with van der Waals surface area (Å²) in [6.45, 7) is 4.52. The minimum Gasteiger partial charge on any atom is -0.340 e. The molecule has 1 heterocycles. The van der Waals surface area contributed by atoms with Crippen LogP contribution in [0.5, 0.6) is 0 Å². The van der Waals surface area contributed by atoms with Crippen LogP contribution in [-0.4, -0.2) is 36.5 Å². The lowest BCUT2D eigenvalue weighted by Gasteiger charge is -2.32. The van der Waals surface area contributed by atoms with Crippen molar-refractivity contribution in [1.29, 1.82) is 0 Å². The molecule has 2 rings (SSSR count). The lowest BCUT2D eigenvalue weighted by molar-refractivity contribution is -0.132. The molecule has 3 N–H and O–H groups in total. The minimum atomic E-state index is -0.205. The maximum Gasteiger partial charge on any atom is 0.224 e. The predicted octanol–water partition coefficient (Wildman–Crippen LogP) is 0.897. The van der Waals surface area contributed by atoms with E-state index in [0.717, 1.165) is 25.2 Å². The Balaban J connectivity index is 1.91. The van der Waals surface area contributed by atoms with E-state index >= 15 is 0 Å². The Hall–Kier alpha value is -1.39. The molecular formula is C14H21N3O. The SMILES string of the molecule is CC1CN(C(=O)CC(N)c2ccccc2)CCN1. The van der Waals surface area contributed by atoms with Gasteiger partial charge in [0.05, 0.1) is 0 Å². The Morgan fingerprint density at radius 1 is 1.50 bits per heavy atom. The minimum absolute atomic E-state index is 0.153. The third kappa shape index (κ3) is 3.31. The molecule has 2 unspecified atom stereocenters. The van der Waals surface area contributed by atoms with E-state index in [1.165, 1.54) is 0 Å². The Bertz CT molecular complexity index is 393. The number of hydrogen-bond acceptors (Lipinski definition) is 3. The molecule has 0 bridgehead atoms. The van der Waals surface area contributed by atoms with Crippen LogP contribution in [-0.2, 0) is 4.79 Å². The molecule has 1 saturated heterocycles. The first kappa shape index (κ1) is 13.1. The largest absolute Gasteiger partial charge is 0.340 e. The fourth-order valence-corrected chi connectivity index (χ4v) is 2.29. The monoisotopic (exact) mass is 247 g/mol. The van der Waals surface area contributed by atoms with Gasteiger partial charge >= 0.3 is 0 Å². The zero-order chi connectivity index (χ0) is 13.0. The fraction of sp³-hybridized carbons (Fsp3) is 0.500. The molecule has 1 aliphatic rings. The zero-order valence-electron chi connectivity index (χ0n) is 10.8. The van der Waals surface area contributed by atoms with Crippen LogP contribution in [0.2, 0.25) is 0 Å². The molecule has 4 heteroatoms. The lowest BCUT2D eigenvalue weighted by Crippen LogP contribution is -2.51. The molecule has 1 aromatic rings. The second kappa shape index (κ2) is 5.98. The average Bonchev–Trinajstić information content (AvgIpc) is 2.39. The third-order valence-electron chi connectivity index (χ3n) is 3.34. The molecule has 0 spiro atoms. The van der Waals surface area contributed by atoms with E-state index < -0.39 is 0 Å². The van der Waals surface area contributed by atoms with Gasteiger partial charge in [-0.1, -0.05) is 30.3 Å². The molecule has 1 amide bonds. The molecule has 18 heavy (non-hydrogen) atoms. The predicted molar refractivity (Wildman–Crippen MR) is 72.0 cm³/mol. The number of nitrogens with zero attached hydrogens (tertiary/aromatic N) is 1. The molecule has 1 aromatic carbocycles. The van der Waals surface area contributed by atoms with Crippen LogP contribution in [0.3, 0.4) is 0 Å². The molecule has 1 fully saturated rings. The highest BCUT2D eigenvalue weighted by Crippen LogP contribution is 2.15. The summed E-state index contributed by atoms with van der Waals surface area (Å²) in [6.07, 6.45) is 0.386. The summed E-state index contributed by atoms with van der Waals surface area (Å²) in [4.78, 5) is 14.1. The van der Waals surface area contributed by atoms with Crippen LogP contribution in [0.1, 0.15) is 24.9 Å². The quantitative estimate of drug-likeness (QED) is 0.834. The highest BCUT2D eigenvalue weighted by molar-refractivity contribution is 5.77. The van der Waals surface area contributed by atoms with E-state index in [1.54, 1.807) is 0 Å². The molecule has 2 atom stereocenters. The van der Waals surface area contributed by atoms with E-state index in [4.69, 9.17) is 5.73 Å². The number of hydrogen-bond donors (Lipinski definition) is 2. The Kier molecular flexibility index (Phi) is 4.33. The van der Waals surface area contributed by atoms with Gasteiger partial charge in [-0.3, -0.25) is 4.79 Å². The average molecular weight is 247 g/mol. The van der Waals surface area contributed by atoms with Crippen molar-refractivity contribution in [3.8, 4) is 0 Å². The molecule has 0 radical (unpaired) electrons. The van der Waals surface area contributed by atoms with Crippen molar-refractivity contribution in [3.63, 3.8) is 0 Å². The highest BCUT2D eigenvalue weighted by Gasteiger charge is 2.22. The van der Waals surface area contributed by atoms with Gasteiger partial charge in [0.1, 0.15) is 0 Å². The van der Waals surface area contributed by atoms with Gasteiger partial charge in [-0.25, -0.2) is 0 Å². The van der Waals surface area contributed by atoms with Crippen molar-refractivity contribution in [3.05, 3.63) is 35.9 Å². The Morgan fingerprint density at radius 3 is 2.89 bits per heavy atom. The Labute approximate surface area is 108 Å². The molecule has 4 nitrogen and oxygen atoms in total. The second-order valence-electron chi connectivity index (χ2n) is 4.92. The number of piperazine rings is 1. The first-order chi connectivity index (χ1) is 8.66. The molecule has 0 aliphatic carbocycles. The number of nitrogens with one attached hydrogen (secondary N) is 1. The maximum atomic E-state index is 12.1. The van der Waals surface area contributed by atoms with Gasteiger partial charge in [-0.2, -0.15) is 0 Å².